The molecule has 0 fully saturated rings. The molecule has 122 valence electrons. The van der Waals surface area contributed by atoms with Crippen molar-refractivity contribution in [3.8, 4) is 11.5 Å². The van der Waals surface area contributed by atoms with Gasteiger partial charge < -0.3 is 14.8 Å². The second-order valence-corrected chi connectivity index (χ2v) is 6.23. The molecule has 0 saturated heterocycles. The molecule has 2 aromatic rings. The van der Waals surface area contributed by atoms with E-state index in [-0.39, 0.29) is 12.0 Å². The summed E-state index contributed by atoms with van der Waals surface area (Å²) in [7, 11) is 1.62. The van der Waals surface area contributed by atoms with Crippen molar-refractivity contribution in [2.75, 3.05) is 13.7 Å². The van der Waals surface area contributed by atoms with Crippen LogP contribution in [-0.2, 0) is 4.79 Å². The van der Waals surface area contributed by atoms with E-state index in [1.807, 2.05) is 38.1 Å². The first kappa shape index (κ1) is 17.0. The number of hydrogen-bond acceptors (Lipinski definition) is 5. The Morgan fingerprint density at radius 1 is 1.35 bits per heavy atom. The number of methoxy groups -OCH3 is 1. The highest BCUT2D eigenvalue weighted by molar-refractivity contribution is 7.12. The predicted octanol–water partition coefficient (Wildman–Crippen LogP) is 3.06. The summed E-state index contributed by atoms with van der Waals surface area (Å²) < 4.78 is 10.8. The Morgan fingerprint density at radius 2 is 2.04 bits per heavy atom. The van der Waals surface area contributed by atoms with Crippen LogP contribution >= 0.6 is 11.3 Å². The van der Waals surface area contributed by atoms with Gasteiger partial charge in [0.2, 0.25) is 5.91 Å². The van der Waals surface area contributed by atoms with Gasteiger partial charge in [-0.2, -0.15) is 0 Å². The average Bonchev–Trinajstić information content (AvgIpc) is 2.97. The molecule has 0 unspecified atom stereocenters. The van der Waals surface area contributed by atoms with Crippen LogP contribution in [0.2, 0.25) is 0 Å². The summed E-state index contributed by atoms with van der Waals surface area (Å²) in [5.74, 6) is 1.37. The normalized spacial score (nSPS) is 12.1. The third-order valence-electron chi connectivity index (χ3n) is 3.00. The van der Waals surface area contributed by atoms with Crippen LogP contribution in [-0.4, -0.2) is 30.6 Å². The van der Waals surface area contributed by atoms with Crippen LogP contribution in [0.1, 0.15) is 16.8 Å². The first-order valence-corrected chi connectivity index (χ1v) is 8.07. The van der Waals surface area contributed by atoms with Crippen molar-refractivity contribution in [1.82, 2.24) is 10.3 Å². The zero-order valence-corrected chi connectivity index (χ0v) is 14.2. The molecule has 0 spiro atoms. The molecule has 0 aliphatic rings. The third-order valence-corrected chi connectivity index (χ3v) is 3.88. The van der Waals surface area contributed by atoms with E-state index < -0.39 is 0 Å². The molecular weight excluding hydrogens is 312 g/mol. The number of aromatic nitrogens is 1. The zero-order valence-electron chi connectivity index (χ0n) is 13.4. The number of carbonyl (C=O) groups excluding carboxylic acids is 1. The smallest absolute Gasteiger partial charge is 0.244 e. The summed E-state index contributed by atoms with van der Waals surface area (Å²) in [6, 6.07) is 7.34. The highest BCUT2D eigenvalue weighted by Gasteiger charge is 2.06. The number of ether oxygens (including phenoxy) is 2. The minimum atomic E-state index is -0.152. The first-order valence-electron chi connectivity index (χ1n) is 7.26. The number of nitrogens with one attached hydrogen (secondary N) is 1. The van der Waals surface area contributed by atoms with Gasteiger partial charge in [0, 0.05) is 17.2 Å². The van der Waals surface area contributed by atoms with Crippen LogP contribution < -0.4 is 14.8 Å². The van der Waals surface area contributed by atoms with E-state index in [4.69, 9.17) is 9.47 Å². The molecule has 1 atom stereocenters. The van der Waals surface area contributed by atoms with Crippen LogP contribution in [0.4, 0.5) is 0 Å². The summed E-state index contributed by atoms with van der Waals surface area (Å²) in [5, 5.41) is 3.79. The van der Waals surface area contributed by atoms with E-state index in [1.54, 1.807) is 30.7 Å². The largest absolute Gasteiger partial charge is 0.497 e. The molecule has 5 nitrogen and oxygen atoms in total. The second-order valence-electron chi connectivity index (χ2n) is 4.96. The van der Waals surface area contributed by atoms with Gasteiger partial charge in [-0.05, 0) is 44.2 Å². The number of carbonyl (C=O) groups is 1. The van der Waals surface area contributed by atoms with Gasteiger partial charge in [0.15, 0.2) is 0 Å². The SMILES string of the molecule is COc1ccc(O[C@@H](C)CNC(=O)/C=C/c2cnc(C)s2)cc1. The summed E-state index contributed by atoms with van der Waals surface area (Å²) in [6.07, 6.45) is 4.88. The predicted molar refractivity (Wildman–Crippen MR) is 92.0 cm³/mol. The molecule has 1 heterocycles. The number of nitrogens with zero attached hydrogens (tertiary/aromatic N) is 1. The van der Waals surface area contributed by atoms with Crippen LogP contribution in [0.25, 0.3) is 6.08 Å². The lowest BCUT2D eigenvalue weighted by atomic mass is 10.3. The first-order chi connectivity index (χ1) is 11.1. The Hall–Kier alpha value is -2.34. The Bertz CT molecular complexity index is 665. The summed E-state index contributed by atoms with van der Waals surface area (Å²) in [4.78, 5) is 16.9. The maximum atomic E-state index is 11.8. The Labute approximate surface area is 140 Å². The van der Waals surface area contributed by atoms with Crippen molar-refractivity contribution in [3.05, 3.63) is 46.4 Å². The van der Waals surface area contributed by atoms with E-state index in [2.05, 4.69) is 10.3 Å². The highest BCUT2D eigenvalue weighted by Crippen LogP contribution is 2.18. The molecule has 1 aromatic heterocycles. The minimum Gasteiger partial charge on any atom is -0.497 e. The molecule has 0 saturated carbocycles. The highest BCUT2D eigenvalue weighted by atomic mass is 32.1. The van der Waals surface area contributed by atoms with Crippen molar-refractivity contribution in [2.45, 2.75) is 20.0 Å². The molecule has 1 N–H and O–H groups in total. The molecule has 2 rings (SSSR count). The second kappa shape index (κ2) is 8.33. The maximum Gasteiger partial charge on any atom is 0.244 e. The molecule has 0 aliphatic carbocycles. The molecule has 6 heteroatoms. The fraction of sp³-hybridized carbons (Fsp3) is 0.294. The van der Waals surface area contributed by atoms with Crippen LogP contribution in [0.3, 0.4) is 0 Å². The fourth-order valence-electron chi connectivity index (χ4n) is 1.84. The number of thiazole rings is 1. The Balaban J connectivity index is 1.75. The number of benzene rings is 1. The zero-order chi connectivity index (χ0) is 16.7. The van der Waals surface area contributed by atoms with Gasteiger partial charge >= 0.3 is 0 Å². The van der Waals surface area contributed by atoms with Crippen molar-refractivity contribution in [2.24, 2.45) is 0 Å². The van der Waals surface area contributed by atoms with E-state index in [0.29, 0.717) is 6.54 Å². The molecule has 1 amide bonds. The van der Waals surface area contributed by atoms with Crippen molar-refractivity contribution < 1.29 is 14.3 Å². The van der Waals surface area contributed by atoms with Gasteiger partial charge in [-0.3, -0.25) is 4.79 Å². The van der Waals surface area contributed by atoms with E-state index in [1.165, 1.54) is 6.08 Å². The fourth-order valence-corrected chi connectivity index (χ4v) is 2.53. The lowest BCUT2D eigenvalue weighted by molar-refractivity contribution is -0.116. The van der Waals surface area contributed by atoms with Gasteiger partial charge in [-0.1, -0.05) is 0 Å². The van der Waals surface area contributed by atoms with Gasteiger partial charge in [-0.25, -0.2) is 4.98 Å². The number of aryl methyl sites for hydroxylation is 1. The van der Waals surface area contributed by atoms with Gasteiger partial charge in [0.1, 0.15) is 17.6 Å². The average molecular weight is 332 g/mol. The van der Waals surface area contributed by atoms with Crippen LogP contribution in [0.5, 0.6) is 11.5 Å². The molecular formula is C17H20N2O3S. The van der Waals surface area contributed by atoms with Gasteiger partial charge in [0.25, 0.3) is 0 Å². The van der Waals surface area contributed by atoms with E-state index in [0.717, 1.165) is 21.4 Å². The summed E-state index contributed by atoms with van der Waals surface area (Å²) in [5.41, 5.74) is 0. The number of amides is 1. The topological polar surface area (TPSA) is 60.5 Å². The van der Waals surface area contributed by atoms with Crippen molar-refractivity contribution in [1.29, 1.82) is 0 Å². The van der Waals surface area contributed by atoms with Crippen molar-refractivity contribution >= 4 is 23.3 Å². The molecule has 0 bridgehead atoms. The molecule has 1 aromatic carbocycles. The molecule has 0 aliphatic heterocycles. The summed E-state index contributed by atoms with van der Waals surface area (Å²) >= 11 is 1.55. The molecule has 23 heavy (non-hydrogen) atoms. The molecule has 0 radical (unpaired) electrons. The Morgan fingerprint density at radius 3 is 2.65 bits per heavy atom. The Kier molecular flexibility index (Phi) is 6.17. The van der Waals surface area contributed by atoms with Crippen molar-refractivity contribution in [3.63, 3.8) is 0 Å². The quantitative estimate of drug-likeness (QED) is 0.792. The van der Waals surface area contributed by atoms with Gasteiger partial charge in [0.05, 0.1) is 18.7 Å². The van der Waals surface area contributed by atoms with E-state index in [9.17, 15) is 4.79 Å². The summed E-state index contributed by atoms with van der Waals surface area (Å²) in [6.45, 7) is 4.26. The monoisotopic (exact) mass is 332 g/mol. The standard InChI is InChI=1S/C17H20N2O3S/c1-12(22-15-6-4-14(21-3)5-7-15)10-19-17(20)9-8-16-11-18-13(2)23-16/h4-9,11-12H,10H2,1-3H3,(H,19,20)/b9-8+/t12-/m0/s1. The lowest BCUT2D eigenvalue weighted by Crippen LogP contribution is -2.32. The third kappa shape index (κ3) is 5.75. The van der Waals surface area contributed by atoms with E-state index >= 15 is 0 Å². The minimum absolute atomic E-state index is 0.133. The number of rotatable bonds is 7. The lowest BCUT2D eigenvalue weighted by Gasteiger charge is -2.15. The maximum absolute atomic E-state index is 11.8. The number of hydrogen-bond donors (Lipinski definition) is 1. The van der Waals surface area contributed by atoms with Gasteiger partial charge in [-0.15, -0.1) is 11.3 Å². The van der Waals surface area contributed by atoms with Crippen LogP contribution in [0.15, 0.2) is 36.5 Å². The van der Waals surface area contributed by atoms with Crippen LogP contribution in [0, 0.1) is 6.92 Å².